The number of amides is 1. The Morgan fingerprint density at radius 1 is 1.41 bits per heavy atom. The van der Waals surface area contributed by atoms with Crippen LogP contribution in [-0.4, -0.2) is 23.5 Å². The summed E-state index contributed by atoms with van der Waals surface area (Å²) in [6.45, 7) is 3.04. The van der Waals surface area contributed by atoms with Crippen molar-refractivity contribution in [2.45, 2.75) is 32.2 Å². The van der Waals surface area contributed by atoms with Gasteiger partial charge in [0.05, 0.1) is 0 Å². The fourth-order valence-electron chi connectivity index (χ4n) is 2.82. The second kappa shape index (κ2) is 7.03. The van der Waals surface area contributed by atoms with E-state index >= 15 is 0 Å². The maximum Gasteiger partial charge on any atom is 0.229 e. The summed E-state index contributed by atoms with van der Waals surface area (Å²) in [4.78, 5) is 17.8. The summed E-state index contributed by atoms with van der Waals surface area (Å²) in [5.74, 6) is 0.201. The first-order valence-corrected chi connectivity index (χ1v) is 8.55. The number of nitrogens with zero attached hydrogens (tertiary/aromatic N) is 1. The zero-order valence-electron chi connectivity index (χ0n) is 12.7. The second-order valence-electron chi connectivity index (χ2n) is 5.86. The van der Waals surface area contributed by atoms with Gasteiger partial charge in [-0.05, 0) is 31.9 Å². The van der Waals surface area contributed by atoms with E-state index in [1.807, 2.05) is 24.4 Å². The maximum absolute atomic E-state index is 12.3. The van der Waals surface area contributed by atoms with Crippen molar-refractivity contribution < 1.29 is 4.79 Å². The van der Waals surface area contributed by atoms with E-state index in [1.165, 1.54) is 10.4 Å². The minimum Gasteiger partial charge on any atom is -0.314 e. The van der Waals surface area contributed by atoms with Crippen molar-refractivity contribution in [1.29, 1.82) is 0 Å². The van der Waals surface area contributed by atoms with Crippen LogP contribution >= 0.6 is 11.3 Å². The molecular weight excluding hydrogens is 294 g/mol. The van der Waals surface area contributed by atoms with Crippen molar-refractivity contribution in [3.05, 3.63) is 47.0 Å². The van der Waals surface area contributed by atoms with Gasteiger partial charge in [-0.1, -0.05) is 30.3 Å². The lowest BCUT2D eigenvalue weighted by atomic mass is 9.93. The molecule has 1 saturated heterocycles. The van der Waals surface area contributed by atoms with Crippen LogP contribution in [0.4, 0.5) is 5.13 Å². The van der Waals surface area contributed by atoms with Crippen LogP contribution in [0.1, 0.15) is 30.2 Å². The molecule has 1 aromatic heterocycles. The van der Waals surface area contributed by atoms with Gasteiger partial charge in [0.1, 0.15) is 0 Å². The molecule has 1 aromatic carbocycles. The van der Waals surface area contributed by atoms with E-state index in [9.17, 15) is 4.79 Å². The Labute approximate surface area is 135 Å². The van der Waals surface area contributed by atoms with Crippen LogP contribution in [-0.2, 0) is 11.2 Å². The molecule has 2 N–H and O–H groups in total. The van der Waals surface area contributed by atoms with E-state index in [-0.39, 0.29) is 11.8 Å². The largest absolute Gasteiger partial charge is 0.314 e. The summed E-state index contributed by atoms with van der Waals surface area (Å²) >= 11 is 1.56. The molecule has 2 aromatic rings. The first kappa shape index (κ1) is 15.2. The summed E-state index contributed by atoms with van der Waals surface area (Å²) in [6, 6.07) is 10.7. The highest BCUT2D eigenvalue weighted by Gasteiger charge is 2.25. The molecule has 4 nitrogen and oxygen atoms in total. The van der Waals surface area contributed by atoms with Crippen molar-refractivity contribution in [2.24, 2.45) is 5.92 Å². The van der Waals surface area contributed by atoms with Crippen molar-refractivity contribution in [3.63, 3.8) is 0 Å². The molecule has 0 bridgehead atoms. The number of carbonyl (C=O) groups excluding carboxylic acids is 1. The number of hydrogen-bond donors (Lipinski definition) is 2. The number of piperidine rings is 1. The Balaban J connectivity index is 1.58. The van der Waals surface area contributed by atoms with Crippen molar-refractivity contribution in [2.75, 3.05) is 11.9 Å². The van der Waals surface area contributed by atoms with Crippen LogP contribution < -0.4 is 10.6 Å². The monoisotopic (exact) mass is 315 g/mol. The van der Waals surface area contributed by atoms with Crippen LogP contribution in [0.5, 0.6) is 0 Å². The number of nitrogens with one attached hydrogen (secondary N) is 2. The number of benzene rings is 1. The number of hydrogen-bond acceptors (Lipinski definition) is 4. The molecule has 0 unspecified atom stereocenters. The normalized spacial score (nSPS) is 21.5. The summed E-state index contributed by atoms with van der Waals surface area (Å²) in [5.41, 5.74) is 1.26. The predicted molar refractivity (Wildman–Crippen MR) is 90.2 cm³/mol. The summed E-state index contributed by atoms with van der Waals surface area (Å²) in [5, 5.41) is 7.06. The summed E-state index contributed by atoms with van der Waals surface area (Å²) in [7, 11) is 0. The van der Waals surface area contributed by atoms with Crippen molar-refractivity contribution in [3.8, 4) is 0 Å². The highest BCUT2D eigenvalue weighted by molar-refractivity contribution is 7.15. The van der Waals surface area contributed by atoms with Crippen LogP contribution in [0.25, 0.3) is 0 Å². The molecule has 2 heterocycles. The standard InChI is InChI=1S/C17H21N3OS/c1-12-9-14(7-8-18-12)16(21)20-17-19-11-15(22-17)10-13-5-3-2-4-6-13/h2-6,11-12,14,18H,7-10H2,1H3,(H,19,20,21)/t12-,14-/m0/s1. The second-order valence-corrected chi connectivity index (χ2v) is 6.98. The average molecular weight is 315 g/mol. The van der Waals surface area contributed by atoms with E-state index in [0.717, 1.165) is 25.8 Å². The molecule has 1 fully saturated rings. The molecular formula is C17H21N3OS. The van der Waals surface area contributed by atoms with E-state index in [1.54, 1.807) is 11.3 Å². The Hall–Kier alpha value is -1.72. The van der Waals surface area contributed by atoms with Crippen LogP contribution in [0.3, 0.4) is 0 Å². The molecule has 1 aliphatic heterocycles. The minimum absolute atomic E-state index is 0.0951. The molecule has 1 aliphatic rings. The van der Waals surface area contributed by atoms with E-state index < -0.39 is 0 Å². The highest BCUT2D eigenvalue weighted by atomic mass is 32.1. The molecule has 0 radical (unpaired) electrons. The Morgan fingerprint density at radius 2 is 2.23 bits per heavy atom. The van der Waals surface area contributed by atoms with Crippen LogP contribution in [0.2, 0.25) is 0 Å². The molecule has 2 atom stereocenters. The molecule has 22 heavy (non-hydrogen) atoms. The SMILES string of the molecule is C[C@H]1C[C@@H](C(=O)Nc2ncc(Cc3ccccc3)s2)CCN1. The smallest absolute Gasteiger partial charge is 0.229 e. The van der Waals surface area contributed by atoms with Gasteiger partial charge in [0.2, 0.25) is 5.91 Å². The average Bonchev–Trinajstić information content (AvgIpc) is 2.95. The first-order chi connectivity index (χ1) is 10.7. The van der Waals surface area contributed by atoms with Gasteiger partial charge in [-0.2, -0.15) is 0 Å². The molecule has 5 heteroatoms. The Morgan fingerprint density at radius 3 is 3.00 bits per heavy atom. The Kier molecular flexibility index (Phi) is 4.85. The van der Waals surface area contributed by atoms with Crippen LogP contribution in [0.15, 0.2) is 36.5 Å². The van der Waals surface area contributed by atoms with Gasteiger partial charge in [-0.15, -0.1) is 11.3 Å². The topological polar surface area (TPSA) is 54.0 Å². The quantitative estimate of drug-likeness (QED) is 0.912. The van der Waals surface area contributed by atoms with Gasteiger partial charge in [-0.25, -0.2) is 4.98 Å². The van der Waals surface area contributed by atoms with Gasteiger partial charge in [0.15, 0.2) is 5.13 Å². The lowest BCUT2D eigenvalue weighted by Gasteiger charge is -2.26. The van der Waals surface area contributed by atoms with Crippen LogP contribution in [0, 0.1) is 5.92 Å². The zero-order chi connectivity index (χ0) is 15.4. The third-order valence-electron chi connectivity index (χ3n) is 4.00. The number of rotatable bonds is 4. The number of aromatic nitrogens is 1. The molecule has 3 rings (SSSR count). The van der Waals surface area contributed by atoms with E-state index in [2.05, 4.69) is 34.7 Å². The summed E-state index contributed by atoms with van der Waals surface area (Å²) < 4.78 is 0. The fourth-order valence-corrected chi connectivity index (χ4v) is 3.67. The molecule has 116 valence electrons. The Bertz CT molecular complexity index is 626. The highest BCUT2D eigenvalue weighted by Crippen LogP contribution is 2.23. The van der Waals surface area contributed by atoms with E-state index in [0.29, 0.717) is 11.2 Å². The van der Waals surface area contributed by atoms with E-state index in [4.69, 9.17) is 0 Å². The first-order valence-electron chi connectivity index (χ1n) is 7.73. The molecule has 0 spiro atoms. The van der Waals surface area contributed by atoms with Gasteiger partial charge < -0.3 is 10.6 Å². The molecule has 0 saturated carbocycles. The maximum atomic E-state index is 12.3. The number of anilines is 1. The van der Waals surface area contributed by atoms with Gasteiger partial charge >= 0.3 is 0 Å². The fraction of sp³-hybridized carbons (Fsp3) is 0.412. The third-order valence-corrected chi connectivity index (χ3v) is 4.91. The summed E-state index contributed by atoms with van der Waals surface area (Å²) in [6.07, 6.45) is 4.52. The molecule has 1 amide bonds. The lowest BCUT2D eigenvalue weighted by molar-refractivity contribution is -0.120. The lowest BCUT2D eigenvalue weighted by Crippen LogP contribution is -2.40. The van der Waals surface area contributed by atoms with Gasteiger partial charge in [0, 0.05) is 29.5 Å². The minimum atomic E-state index is 0.0951. The predicted octanol–water partition coefficient (Wildman–Crippen LogP) is 3.06. The van der Waals surface area contributed by atoms with Crippen molar-refractivity contribution in [1.82, 2.24) is 10.3 Å². The van der Waals surface area contributed by atoms with Crippen molar-refractivity contribution >= 4 is 22.4 Å². The van der Waals surface area contributed by atoms with Gasteiger partial charge in [0.25, 0.3) is 0 Å². The molecule has 0 aliphatic carbocycles. The number of carbonyl (C=O) groups is 1. The third kappa shape index (κ3) is 3.93. The zero-order valence-corrected chi connectivity index (χ0v) is 13.5. The number of thiazole rings is 1. The van der Waals surface area contributed by atoms with Gasteiger partial charge in [-0.3, -0.25) is 4.79 Å².